The molecule has 2 aromatic carbocycles. The normalized spacial score (nSPS) is 13.0. The Morgan fingerprint density at radius 2 is 1.96 bits per heavy atom. The van der Waals surface area contributed by atoms with Crippen LogP contribution in [0.2, 0.25) is 0 Å². The van der Waals surface area contributed by atoms with Gasteiger partial charge in [0, 0.05) is 23.1 Å². The Hall–Kier alpha value is -3.34. The highest BCUT2D eigenvalue weighted by Crippen LogP contribution is 2.28. The summed E-state index contributed by atoms with van der Waals surface area (Å²) in [6, 6.07) is 12.7. The standard InChI is InChI=1S/C23H20O5/c1-26-19-7-2-4-15(10-19)8-9-22(24)27-14-18-13-23(25)28-21-12-17-6-3-5-16(17)11-20(18)21/h2,4,7-13H,3,5-6,14H2,1H3/b9-8+. The van der Waals surface area contributed by atoms with E-state index in [1.807, 2.05) is 30.3 Å². The topological polar surface area (TPSA) is 65.7 Å². The van der Waals surface area contributed by atoms with E-state index in [0.717, 1.165) is 30.2 Å². The van der Waals surface area contributed by atoms with Gasteiger partial charge in [0.1, 0.15) is 17.9 Å². The molecule has 1 heterocycles. The van der Waals surface area contributed by atoms with Crippen LogP contribution in [-0.4, -0.2) is 13.1 Å². The number of ether oxygens (including phenoxy) is 2. The Labute approximate surface area is 162 Å². The highest BCUT2D eigenvalue weighted by molar-refractivity contribution is 5.87. The predicted octanol–water partition coefficient (Wildman–Crippen LogP) is 4.05. The highest BCUT2D eigenvalue weighted by Gasteiger charge is 2.15. The monoisotopic (exact) mass is 376 g/mol. The first-order valence-electron chi connectivity index (χ1n) is 9.20. The maximum Gasteiger partial charge on any atom is 0.336 e. The third-order valence-electron chi connectivity index (χ3n) is 4.92. The van der Waals surface area contributed by atoms with E-state index >= 15 is 0 Å². The molecular formula is C23H20O5. The zero-order valence-corrected chi connectivity index (χ0v) is 15.6. The fourth-order valence-corrected chi connectivity index (χ4v) is 3.52. The summed E-state index contributed by atoms with van der Waals surface area (Å²) in [5.74, 6) is 0.232. The molecular weight excluding hydrogens is 356 g/mol. The highest BCUT2D eigenvalue weighted by atomic mass is 16.5. The minimum Gasteiger partial charge on any atom is -0.497 e. The molecule has 0 aliphatic heterocycles. The molecule has 4 rings (SSSR count). The van der Waals surface area contributed by atoms with Gasteiger partial charge in [0.25, 0.3) is 0 Å². The number of carbonyl (C=O) groups is 1. The number of esters is 1. The summed E-state index contributed by atoms with van der Waals surface area (Å²) < 4.78 is 15.9. The van der Waals surface area contributed by atoms with Crippen LogP contribution >= 0.6 is 0 Å². The lowest BCUT2D eigenvalue weighted by molar-refractivity contribution is -0.138. The Morgan fingerprint density at radius 1 is 1.14 bits per heavy atom. The number of benzene rings is 2. The van der Waals surface area contributed by atoms with Gasteiger partial charge >= 0.3 is 11.6 Å². The van der Waals surface area contributed by atoms with E-state index in [-0.39, 0.29) is 6.61 Å². The quantitative estimate of drug-likeness (QED) is 0.382. The molecule has 0 radical (unpaired) electrons. The van der Waals surface area contributed by atoms with Crippen molar-refractivity contribution in [2.24, 2.45) is 0 Å². The van der Waals surface area contributed by atoms with Gasteiger partial charge in [-0.1, -0.05) is 12.1 Å². The molecule has 5 heteroatoms. The third kappa shape index (κ3) is 3.83. The van der Waals surface area contributed by atoms with Gasteiger partial charge in [0.15, 0.2) is 0 Å². The summed E-state index contributed by atoms with van der Waals surface area (Å²) >= 11 is 0. The average Bonchev–Trinajstić information content (AvgIpc) is 3.16. The van der Waals surface area contributed by atoms with E-state index in [1.54, 1.807) is 13.2 Å². The summed E-state index contributed by atoms with van der Waals surface area (Å²) in [6.45, 7) is 0.0160. The van der Waals surface area contributed by atoms with Gasteiger partial charge in [-0.05, 0) is 66.3 Å². The fraction of sp³-hybridized carbons (Fsp3) is 0.217. The summed E-state index contributed by atoms with van der Waals surface area (Å²) in [7, 11) is 1.59. The van der Waals surface area contributed by atoms with Gasteiger partial charge in [-0.15, -0.1) is 0 Å². The SMILES string of the molecule is COc1cccc(/C=C/C(=O)OCc2cc(=O)oc3cc4c(cc23)CCC4)c1. The lowest BCUT2D eigenvalue weighted by atomic mass is 10.0. The van der Waals surface area contributed by atoms with Gasteiger partial charge in [-0.25, -0.2) is 9.59 Å². The molecule has 1 aliphatic carbocycles. The first-order valence-corrected chi connectivity index (χ1v) is 9.20. The van der Waals surface area contributed by atoms with Crippen molar-refractivity contribution in [3.05, 3.63) is 81.2 Å². The second-order valence-electron chi connectivity index (χ2n) is 6.78. The van der Waals surface area contributed by atoms with Crippen molar-refractivity contribution in [3.8, 4) is 5.75 Å². The predicted molar refractivity (Wildman–Crippen MR) is 106 cm³/mol. The van der Waals surface area contributed by atoms with Crippen molar-refractivity contribution in [2.75, 3.05) is 7.11 Å². The number of methoxy groups -OCH3 is 1. The van der Waals surface area contributed by atoms with Crippen LogP contribution in [-0.2, 0) is 29.0 Å². The van der Waals surface area contributed by atoms with Crippen LogP contribution in [0.15, 0.2) is 57.8 Å². The third-order valence-corrected chi connectivity index (χ3v) is 4.92. The molecule has 0 fully saturated rings. The van der Waals surface area contributed by atoms with Crippen LogP contribution in [0.25, 0.3) is 17.0 Å². The molecule has 0 saturated heterocycles. The van der Waals surface area contributed by atoms with Gasteiger partial charge in [0.2, 0.25) is 0 Å². The maximum atomic E-state index is 12.1. The molecule has 1 aromatic heterocycles. The number of rotatable bonds is 5. The smallest absolute Gasteiger partial charge is 0.336 e. The Balaban J connectivity index is 1.51. The molecule has 0 saturated carbocycles. The second-order valence-corrected chi connectivity index (χ2v) is 6.78. The van der Waals surface area contributed by atoms with Crippen LogP contribution in [0, 0.1) is 0 Å². The molecule has 28 heavy (non-hydrogen) atoms. The van der Waals surface area contributed by atoms with Crippen molar-refractivity contribution in [2.45, 2.75) is 25.9 Å². The van der Waals surface area contributed by atoms with E-state index in [0.29, 0.717) is 16.9 Å². The Kier molecular flexibility index (Phi) is 4.98. The van der Waals surface area contributed by atoms with Gasteiger partial charge in [-0.3, -0.25) is 0 Å². The molecule has 0 unspecified atom stereocenters. The van der Waals surface area contributed by atoms with Gasteiger partial charge in [-0.2, -0.15) is 0 Å². The van der Waals surface area contributed by atoms with Crippen molar-refractivity contribution >= 4 is 23.0 Å². The van der Waals surface area contributed by atoms with Crippen LogP contribution in [0.1, 0.15) is 28.7 Å². The second kappa shape index (κ2) is 7.72. The first-order chi connectivity index (χ1) is 13.6. The fourth-order valence-electron chi connectivity index (χ4n) is 3.52. The minimum atomic E-state index is -0.481. The number of fused-ring (bicyclic) bond motifs is 2. The van der Waals surface area contributed by atoms with Crippen molar-refractivity contribution in [3.63, 3.8) is 0 Å². The van der Waals surface area contributed by atoms with Crippen LogP contribution in [0.5, 0.6) is 5.75 Å². The van der Waals surface area contributed by atoms with E-state index in [9.17, 15) is 9.59 Å². The molecule has 0 atom stereocenters. The molecule has 5 nitrogen and oxygen atoms in total. The van der Waals surface area contributed by atoms with E-state index < -0.39 is 11.6 Å². The lowest BCUT2D eigenvalue weighted by Crippen LogP contribution is -2.06. The molecule has 3 aromatic rings. The van der Waals surface area contributed by atoms with Gasteiger partial charge in [0.05, 0.1) is 7.11 Å². The molecule has 0 amide bonds. The number of hydrogen-bond acceptors (Lipinski definition) is 5. The number of carbonyl (C=O) groups excluding carboxylic acids is 1. The Morgan fingerprint density at radius 3 is 2.79 bits per heavy atom. The molecule has 0 N–H and O–H groups in total. The maximum absolute atomic E-state index is 12.1. The molecule has 0 spiro atoms. The van der Waals surface area contributed by atoms with Crippen LogP contribution < -0.4 is 10.4 Å². The van der Waals surface area contributed by atoms with Crippen LogP contribution in [0.3, 0.4) is 0 Å². The summed E-state index contributed by atoms with van der Waals surface area (Å²) in [4.78, 5) is 24.0. The zero-order chi connectivity index (χ0) is 19.5. The Bertz CT molecular complexity index is 1120. The summed E-state index contributed by atoms with van der Waals surface area (Å²) in [6.07, 6.45) is 6.15. The van der Waals surface area contributed by atoms with Crippen LogP contribution in [0.4, 0.5) is 0 Å². The minimum absolute atomic E-state index is 0.0160. The molecule has 1 aliphatic rings. The summed E-state index contributed by atoms with van der Waals surface area (Å²) in [5.41, 5.74) is 4.09. The zero-order valence-electron chi connectivity index (χ0n) is 15.6. The molecule has 142 valence electrons. The van der Waals surface area contributed by atoms with Crippen molar-refractivity contribution < 1.29 is 18.7 Å². The lowest BCUT2D eigenvalue weighted by Gasteiger charge is -2.08. The van der Waals surface area contributed by atoms with Crippen molar-refractivity contribution in [1.29, 1.82) is 0 Å². The number of aryl methyl sites for hydroxylation is 2. The van der Waals surface area contributed by atoms with E-state index in [1.165, 1.54) is 23.3 Å². The number of hydrogen-bond donors (Lipinski definition) is 0. The van der Waals surface area contributed by atoms with Gasteiger partial charge < -0.3 is 13.9 Å². The first kappa shape index (κ1) is 18.0. The average molecular weight is 376 g/mol. The summed E-state index contributed by atoms with van der Waals surface area (Å²) in [5, 5.41) is 0.824. The van der Waals surface area contributed by atoms with E-state index in [2.05, 4.69) is 6.07 Å². The molecule has 0 bridgehead atoms. The largest absolute Gasteiger partial charge is 0.497 e. The van der Waals surface area contributed by atoms with E-state index in [4.69, 9.17) is 13.9 Å². The van der Waals surface area contributed by atoms with Crippen molar-refractivity contribution in [1.82, 2.24) is 0 Å².